The van der Waals surface area contributed by atoms with Gasteiger partial charge in [-0.3, -0.25) is 9.69 Å². The van der Waals surface area contributed by atoms with Crippen molar-refractivity contribution in [1.29, 1.82) is 0 Å². The van der Waals surface area contributed by atoms with Gasteiger partial charge in [0, 0.05) is 13.1 Å². The number of carboxylic acids is 1. The molecule has 5 heteroatoms. The second-order valence-corrected chi connectivity index (χ2v) is 4.94. The maximum Gasteiger partial charge on any atom is 0.305 e. The molecule has 1 N–H and O–H groups in total. The minimum Gasteiger partial charge on any atom is -0.481 e. The van der Waals surface area contributed by atoms with Gasteiger partial charge in [0.15, 0.2) is 0 Å². The smallest absolute Gasteiger partial charge is 0.305 e. The molecule has 1 saturated heterocycles. The minimum absolute atomic E-state index is 0.0863. The summed E-state index contributed by atoms with van der Waals surface area (Å²) in [6.45, 7) is 4.37. The van der Waals surface area contributed by atoms with Crippen LogP contribution in [-0.2, 0) is 9.53 Å². The third-order valence-corrected chi connectivity index (χ3v) is 3.65. The van der Waals surface area contributed by atoms with Crippen LogP contribution in [0.5, 0.6) is 0 Å². The van der Waals surface area contributed by atoms with Gasteiger partial charge in [-0.1, -0.05) is 0 Å². The van der Waals surface area contributed by atoms with Crippen LogP contribution in [0.4, 0.5) is 0 Å². The molecule has 0 spiro atoms. The van der Waals surface area contributed by atoms with Crippen LogP contribution in [0.25, 0.3) is 0 Å². The van der Waals surface area contributed by atoms with Crippen molar-refractivity contribution in [3.63, 3.8) is 0 Å². The van der Waals surface area contributed by atoms with Crippen LogP contribution in [-0.4, -0.2) is 41.8 Å². The molecule has 2 heterocycles. The number of piperidine rings is 1. The van der Waals surface area contributed by atoms with E-state index in [1.165, 1.54) is 0 Å². The average molecular weight is 267 g/mol. The number of hydrogen-bond donors (Lipinski definition) is 1. The summed E-state index contributed by atoms with van der Waals surface area (Å²) in [6, 6.07) is 4.20. The highest BCUT2D eigenvalue weighted by Crippen LogP contribution is 2.25. The molecule has 1 aromatic heterocycles. The zero-order chi connectivity index (χ0) is 13.7. The summed E-state index contributed by atoms with van der Waals surface area (Å²) in [7, 11) is 0. The summed E-state index contributed by atoms with van der Waals surface area (Å²) < 4.78 is 11.0. The molecule has 1 aromatic rings. The Morgan fingerprint density at radius 2 is 2.32 bits per heavy atom. The molecule has 1 aliphatic heterocycles. The minimum atomic E-state index is -0.802. The zero-order valence-corrected chi connectivity index (χ0v) is 11.2. The molecule has 0 radical (unpaired) electrons. The predicted molar refractivity (Wildman–Crippen MR) is 69.9 cm³/mol. The van der Waals surface area contributed by atoms with Gasteiger partial charge in [0.1, 0.15) is 5.76 Å². The van der Waals surface area contributed by atoms with Crippen LogP contribution < -0.4 is 0 Å². The zero-order valence-electron chi connectivity index (χ0n) is 11.2. The number of hydrogen-bond acceptors (Lipinski definition) is 4. The Labute approximate surface area is 113 Å². The number of furan rings is 1. The maximum atomic E-state index is 10.4. The highest BCUT2D eigenvalue weighted by atomic mass is 16.5. The fourth-order valence-corrected chi connectivity index (χ4v) is 2.45. The van der Waals surface area contributed by atoms with Crippen molar-refractivity contribution in [3.05, 3.63) is 24.2 Å². The summed E-state index contributed by atoms with van der Waals surface area (Å²) in [5.74, 6) is 0.189. The topological polar surface area (TPSA) is 62.9 Å². The average Bonchev–Trinajstić information content (AvgIpc) is 2.92. The lowest BCUT2D eigenvalue weighted by Gasteiger charge is -2.35. The Bertz CT molecular complexity index is 382. The third-order valence-electron chi connectivity index (χ3n) is 3.65. The molecule has 1 atom stereocenters. The normalized spacial score (nSPS) is 19.4. The number of likely N-dealkylation sites (tertiary alicyclic amines) is 1. The molecule has 1 unspecified atom stereocenters. The highest BCUT2D eigenvalue weighted by Gasteiger charge is 2.25. The van der Waals surface area contributed by atoms with E-state index in [4.69, 9.17) is 14.3 Å². The van der Waals surface area contributed by atoms with E-state index >= 15 is 0 Å². The monoisotopic (exact) mass is 267 g/mol. The highest BCUT2D eigenvalue weighted by molar-refractivity contribution is 5.66. The van der Waals surface area contributed by atoms with Crippen molar-refractivity contribution in [2.45, 2.75) is 38.3 Å². The Kier molecular flexibility index (Phi) is 4.99. The van der Waals surface area contributed by atoms with Gasteiger partial charge in [-0.2, -0.15) is 0 Å². The molecule has 2 rings (SSSR count). The van der Waals surface area contributed by atoms with Gasteiger partial charge >= 0.3 is 5.97 Å². The molecule has 1 fully saturated rings. The predicted octanol–water partition coefficient (Wildman–Crippen LogP) is 2.30. The summed E-state index contributed by atoms with van der Waals surface area (Å²) in [6.07, 6.45) is 3.88. The van der Waals surface area contributed by atoms with Gasteiger partial charge in [0.05, 0.1) is 31.4 Å². The quantitative estimate of drug-likeness (QED) is 0.856. The molecule has 106 valence electrons. The number of rotatable bonds is 6. The number of carbonyl (C=O) groups is 1. The van der Waals surface area contributed by atoms with Crippen LogP contribution in [0, 0.1) is 0 Å². The maximum absolute atomic E-state index is 10.4. The first kappa shape index (κ1) is 14.1. The van der Waals surface area contributed by atoms with Crippen molar-refractivity contribution in [3.8, 4) is 0 Å². The number of ether oxygens (including phenoxy) is 1. The van der Waals surface area contributed by atoms with Crippen LogP contribution in [0.1, 0.15) is 38.0 Å². The van der Waals surface area contributed by atoms with E-state index in [0.717, 1.165) is 31.7 Å². The van der Waals surface area contributed by atoms with Gasteiger partial charge in [0.2, 0.25) is 0 Å². The number of aliphatic carboxylic acids is 1. The molecule has 0 aromatic carbocycles. The standard InChI is InChI=1S/C14H21NO4/c1-11(13-3-2-9-19-13)15-7-4-12(5-8-15)18-10-6-14(16)17/h2-3,9,11-12H,4-8,10H2,1H3,(H,16,17). The van der Waals surface area contributed by atoms with E-state index in [-0.39, 0.29) is 18.6 Å². The SMILES string of the molecule is CC(c1ccco1)N1CCC(OCCC(=O)O)CC1. The van der Waals surface area contributed by atoms with Crippen LogP contribution >= 0.6 is 0 Å². The Balaban J connectivity index is 1.72. The number of nitrogens with zero attached hydrogens (tertiary/aromatic N) is 1. The summed E-state index contributed by atoms with van der Waals surface area (Å²) in [5.41, 5.74) is 0. The van der Waals surface area contributed by atoms with Gasteiger partial charge in [-0.05, 0) is 31.9 Å². The van der Waals surface area contributed by atoms with E-state index in [1.54, 1.807) is 6.26 Å². The van der Waals surface area contributed by atoms with E-state index < -0.39 is 5.97 Å². The van der Waals surface area contributed by atoms with Crippen LogP contribution in [0.3, 0.4) is 0 Å². The molecule has 0 saturated carbocycles. The van der Waals surface area contributed by atoms with E-state index in [2.05, 4.69) is 11.8 Å². The first-order valence-electron chi connectivity index (χ1n) is 6.77. The molecular weight excluding hydrogens is 246 g/mol. The van der Waals surface area contributed by atoms with Crippen molar-refractivity contribution in [2.24, 2.45) is 0 Å². The summed E-state index contributed by atoms with van der Waals surface area (Å²) >= 11 is 0. The second kappa shape index (κ2) is 6.73. The first-order valence-corrected chi connectivity index (χ1v) is 6.77. The summed E-state index contributed by atoms with van der Waals surface area (Å²) in [5, 5.41) is 8.56. The third kappa shape index (κ3) is 4.08. The van der Waals surface area contributed by atoms with Crippen LogP contribution in [0.2, 0.25) is 0 Å². The van der Waals surface area contributed by atoms with E-state index in [9.17, 15) is 4.79 Å². The lowest BCUT2D eigenvalue weighted by molar-refractivity contribution is -0.138. The molecule has 0 amide bonds. The summed E-state index contributed by atoms with van der Waals surface area (Å²) in [4.78, 5) is 12.8. The molecular formula is C14H21NO4. The fraction of sp³-hybridized carbons (Fsp3) is 0.643. The Hall–Kier alpha value is -1.33. The lowest BCUT2D eigenvalue weighted by Crippen LogP contribution is -2.38. The van der Waals surface area contributed by atoms with Crippen molar-refractivity contribution in [2.75, 3.05) is 19.7 Å². The fourth-order valence-electron chi connectivity index (χ4n) is 2.45. The molecule has 19 heavy (non-hydrogen) atoms. The largest absolute Gasteiger partial charge is 0.481 e. The first-order chi connectivity index (χ1) is 9.16. The van der Waals surface area contributed by atoms with Gasteiger partial charge in [-0.25, -0.2) is 0 Å². The van der Waals surface area contributed by atoms with Crippen molar-refractivity contribution >= 4 is 5.97 Å². The van der Waals surface area contributed by atoms with Crippen LogP contribution in [0.15, 0.2) is 22.8 Å². The number of carboxylic acid groups (broad SMARTS) is 1. The Morgan fingerprint density at radius 3 is 2.89 bits per heavy atom. The molecule has 0 bridgehead atoms. The van der Waals surface area contributed by atoms with Gasteiger partial charge in [0.25, 0.3) is 0 Å². The van der Waals surface area contributed by atoms with Crippen molar-refractivity contribution < 1.29 is 19.1 Å². The second-order valence-electron chi connectivity index (χ2n) is 4.94. The molecule has 5 nitrogen and oxygen atoms in total. The Morgan fingerprint density at radius 1 is 1.58 bits per heavy atom. The molecule has 1 aliphatic rings. The van der Waals surface area contributed by atoms with E-state index in [0.29, 0.717) is 6.61 Å². The lowest BCUT2D eigenvalue weighted by atomic mass is 10.0. The molecule has 0 aliphatic carbocycles. The van der Waals surface area contributed by atoms with Gasteiger partial charge in [-0.15, -0.1) is 0 Å². The van der Waals surface area contributed by atoms with Crippen molar-refractivity contribution in [1.82, 2.24) is 4.90 Å². The van der Waals surface area contributed by atoms with E-state index in [1.807, 2.05) is 12.1 Å². The van der Waals surface area contributed by atoms with Gasteiger partial charge < -0.3 is 14.3 Å².